The number of halogens is 1. The third-order valence-electron chi connectivity index (χ3n) is 2.43. The largest absolute Gasteiger partial charge is 0.450 e. The van der Waals surface area contributed by atoms with Gasteiger partial charge in [-0.1, -0.05) is 11.6 Å². The van der Waals surface area contributed by atoms with Gasteiger partial charge in [0, 0.05) is 6.07 Å². The average Bonchev–Trinajstić information content (AvgIpc) is 2.83. The third-order valence-corrected chi connectivity index (χ3v) is 2.72. The molecule has 1 amide bonds. The van der Waals surface area contributed by atoms with Crippen molar-refractivity contribution >= 4 is 40.8 Å². The fourth-order valence-electron chi connectivity index (χ4n) is 1.61. The molecule has 2 aromatic rings. The van der Waals surface area contributed by atoms with Gasteiger partial charge in [-0.05, 0) is 13.8 Å². The van der Waals surface area contributed by atoms with Crippen LogP contribution in [0.15, 0.2) is 12.4 Å². The van der Waals surface area contributed by atoms with Crippen molar-refractivity contribution in [3.63, 3.8) is 0 Å². The summed E-state index contributed by atoms with van der Waals surface area (Å²) in [4.78, 5) is 31.3. The molecule has 0 spiro atoms. The zero-order valence-corrected chi connectivity index (χ0v) is 12.2. The van der Waals surface area contributed by atoms with Crippen LogP contribution in [0.4, 0.5) is 15.4 Å². The Labute approximate surface area is 125 Å². The minimum absolute atomic E-state index is 0.150. The van der Waals surface area contributed by atoms with Crippen LogP contribution in [0.2, 0.25) is 5.02 Å². The number of nitrogens with zero attached hydrogens (tertiary/aromatic N) is 3. The van der Waals surface area contributed by atoms with Gasteiger partial charge in [-0.2, -0.15) is 0 Å². The maximum atomic E-state index is 11.8. The van der Waals surface area contributed by atoms with Crippen LogP contribution < -0.4 is 5.32 Å². The van der Waals surface area contributed by atoms with E-state index in [-0.39, 0.29) is 29.7 Å². The fraction of sp³-hybridized carbons (Fsp3) is 0.333. The first-order valence-electron chi connectivity index (χ1n) is 6.21. The zero-order valence-electron chi connectivity index (χ0n) is 11.4. The lowest BCUT2D eigenvalue weighted by Crippen LogP contribution is -2.16. The molecule has 0 saturated heterocycles. The lowest BCUT2D eigenvalue weighted by molar-refractivity contribution is 0.154. The van der Waals surface area contributed by atoms with Gasteiger partial charge >= 0.3 is 12.2 Å². The maximum absolute atomic E-state index is 11.8. The fourth-order valence-corrected chi connectivity index (χ4v) is 1.85. The molecule has 0 bridgehead atoms. The first-order valence-corrected chi connectivity index (χ1v) is 6.59. The summed E-state index contributed by atoms with van der Waals surface area (Å²) < 4.78 is 10.7. The van der Waals surface area contributed by atoms with Crippen molar-refractivity contribution in [3.05, 3.63) is 17.4 Å². The number of imidazole rings is 1. The summed E-state index contributed by atoms with van der Waals surface area (Å²) in [5.41, 5.74) is 0.520. The van der Waals surface area contributed by atoms with Crippen molar-refractivity contribution in [2.75, 3.05) is 18.5 Å². The van der Waals surface area contributed by atoms with E-state index in [1.54, 1.807) is 13.8 Å². The van der Waals surface area contributed by atoms with Crippen molar-refractivity contribution in [1.82, 2.24) is 14.5 Å². The van der Waals surface area contributed by atoms with Crippen LogP contribution in [-0.4, -0.2) is 39.9 Å². The van der Waals surface area contributed by atoms with Gasteiger partial charge in [-0.25, -0.2) is 24.1 Å². The molecule has 0 radical (unpaired) electrons. The molecule has 2 heterocycles. The number of nitrogens with one attached hydrogen (secondary N) is 1. The Morgan fingerprint density at radius 3 is 2.71 bits per heavy atom. The Bertz CT molecular complexity index is 685. The first kappa shape index (κ1) is 15.0. The molecule has 21 heavy (non-hydrogen) atoms. The van der Waals surface area contributed by atoms with Crippen molar-refractivity contribution < 1.29 is 19.1 Å². The molecular weight excluding hydrogens is 300 g/mol. The summed E-state index contributed by atoms with van der Waals surface area (Å²) in [6, 6.07) is 1.42. The molecule has 0 atom stereocenters. The summed E-state index contributed by atoms with van der Waals surface area (Å²) >= 11 is 6.06. The standard InChI is InChI=1S/C12H13ClN4O4/c1-3-20-11(18)16-8-5-7(13)9-10(15-8)17(6-14-9)12(19)21-4-2/h5-6H,3-4H2,1-2H3,(H,15,16,18). The van der Waals surface area contributed by atoms with Gasteiger partial charge in [0.1, 0.15) is 17.7 Å². The van der Waals surface area contributed by atoms with Crippen molar-refractivity contribution in [2.45, 2.75) is 13.8 Å². The Kier molecular flexibility index (Phi) is 4.59. The van der Waals surface area contributed by atoms with E-state index < -0.39 is 12.2 Å². The van der Waals surface area contributed by atoms with Crippen molar-refractivity contribution in [2.24, 2.45) is 0 Å². The minimum Gasteiger partial charge on any atom is -0.450 e. The van der Waals surface area contributed by atoms with E-state index in [0.29, 0.717) is 5.52 Å². The van der Waals surface area contributed by atoms with Crippen LogP contribution in [0.5, 0.6) is 0 Å². The SMILES string of the molecule is CCOC(=O)Nc1cc(Cl)c2ncn(C(=O)OCC)c2n1. The monoisotopic (exact) mass is 312 g/mol. The van der Waals surface area contributed by atoms with Crippen LogP contribution >= 0.6 is 11.6 Å². The molecule has 0 aliphatic rings. The van der Waals surface area contributed by atoms with Crippen LogP contribution in [0.3, 0.4) is 0 Å². The third kappa shape index (κ3) is 3.22. The summed E-state index contributed by atoms with van der Waals surface area (Å²) in [6.07, 6.45) is -0.0326. The molecule has 0 unspecified atom stereocenters. The normalized spacial score (nSPS) is 10.4. The van der Waals surface area contributed by atoms with Gasteiger partial charge in [0.15, 0.2) is 5.65 Å². The molecule has 2 aromatic heterocycles. The number of pyridine rings is 1. The van der Waals surface area contributed by atoms with E-state index in [0.717, 1.165) is 4.57 Å². The Morgan fingerprint density at radius 2 is 2.05 bits per heavy atom. The van der Waals surface area contributed by atoms with E-state index in [1.165, 1.54) is 12.4 Å². The van der Waals surface area contributed by atoms with Crippen molar-refractivity contribution in [3.8, 4) is 0 Å². The molecule has 0 fully saturated rings. The van der Waals surface area contributed by atoms with E-state index >= 15 is 0 Å². The van der Waals surface area contributed by atoms with Crippen molar-refractivity contribution in [1.29, 1.82) is 0 Å². The molecule has 0 aliphatic heterocycles. The molecule has 9 heteroatoms. The van der Waals surface area contributed by atoms with Crippen LogP contribution in [0.25, 0.3) is 11.2 Å². The number of hydrogen-bond acceptors (Lipinski definition) is 6. The van der Waals surface area contributed by atoms with Gasteiger partial charge in [-0.15, -0.1) is 0 Å². The molecule has 1 N–H and O–H groups in total. The quantitative estimate of drug-likeness (QED) is 0.936. The predicted octanol–water partition coefficient (Wildman–Crippen LogP) is 2.66. The number of anilines is 1. The Balaban J connectivity index is 2.40. The smallest absolute Gasteiger partial charge is 0.420 e. The lowest BCUT2D eigenvalue weighted by Gasteiger charge is -2.06. The number of ether oxygens (including phenoxy) is 2. The highest BCUT2D eigenvalue weighted by Crippen LogP contribution is 2.24. The van der Waals surface area contributed by atoms with Gasteiger partial charge < -0.3 is 9.47 Å². The number of rotatable bonds is 3. The zero-order chi connectivity index (χ0) is 15.4. The van der Waals surface area contributed by atoms with Gasteiger partial charge in [0.25, 0.3) is 0 Å². The average molecular weight is 313 g/mol. The molecular formula is C12H13ClN4O4. The highest BCUT2D eigenvalue weighted by atomic mass is 35.5. The second-order valence-electron chi connectivity index (χ2n) is 3.82. The number of fused-ring (bicyclic) bond motifs is 1. The van der Waals surface area contributed by atoms with E-state index in [1.807, 2.05) is 0 Å². The molecule has 0 saturated carbocycles. The summed E-state index contributed by atoms with van der Waals surface area (Å²) in [6.45, 7) is 3.81. The number of amides is 1. The summed E-state index contributed by atoms with van der Waals surface area (Å²) in [7, 11) is 0. The molecule has 2 rings (SSSR count). The summed E-state index contributed by atoms with van der Waals surface area (Å²) in [5.74, 6) is 0.150. The molecule has 8 nitrogen and oxygen atoms in total. The summed E-state index contributed by atoms with van der Waals surface area (Å²) in [5, 5.41) is 2.66. The number of carbonyl (C=O) groups is 2. The van der Waals surface area contributed by atoms with Gasteiger partial charge in [0.05, 0.1) is 18.2 Å². The minimum atomic E-state index is -0.664. The molecule has 0 aromatic carbocycles. The highest BCUT2D eigenvalue weighted by Gasteiger charge is 2.16. The number of aromatic nitrogens is 3. The molecule has 112 valence electrons. The predicted molar refractivity (Wildman–Crippen MR) is 75.6 cm³/mol. The van der Waals surface area contributed by atoms with E-state index in [4.69, 9.17) is 21.1 Å². The second-order valence-corrected chi connectivity index (χ2v) is 4.23. The lowest BCUT2D eigenvalue weighted by atomic mass is 10.4. The van der Waals surface area contributed by atoms with E-state index in [2.05, 4.69) is 15.3 Å². The molecule has 0 aliphatic carbocycles. The highest BCUT2D eigenvalue weighted by molar-refractivity contribution is 6.35. The topological polar surface area (TPSA) is 95.3 Å². The van der Waals surface area contributed by atoms with Crippen LogP contribution in [0, 0.1) is 0 Å². The maximum Gasteiger partial charge on any atom is 0.420 e. The number of hydrogen-bond donors (Lipinski definition) is 1. The van der Waals surface area contributed by atoms with Gasteiger partial charge in [0.2, 0.25) is 0 Å². The Hall–Kier alpha value is -2.35. The van der Waals surface area contributed by atoms with Crippen LogP contribution in [0.1, 0.15) is 13.8 Å². The number of carbonyl (C=O) groups excluding carboxylic acids is 2. The Morgan fingerprint density at radius 1 is 1.33 bits per heavy atom. The van der Waals surface area contributed by atoms with E-state index in [9.17, 15) is 9.59 Å². The first-order chi connectivity index (χ1) is 10.1. The van der Waals surface area contributed by atoms with Gasteiger partial charge in [-0.3, -0.25) is 5.32 Å². The second kappa shape index (κ2) is 6.40. The van der Waals surface area contributed by atoms with Crippen LogP contribution in [-0.2, 0) is 9.47 Å².